The molecular weight excluding hydrogens is 338 g/mol. The lowest BCUT2D eigenvalue weighted by molar-refractivity contribution is 0.214. The Labute approximate surface area is 157 Å². The SMILES string of the molecule is c1ccc2sc(C3CCN(CCc4c[nH]c5ccccc45)CC3)nc2c1. The van der Waals surface area contributed by atoms with E-state index in [-0.39, 0.29) is 0 Å². The number of nitrogens with one attached hydrogen (secondary N) is 1. The van der Waals surface area contributed by atoms with Gasteiger partial charge in [-0.3, -0.25) is 0 Å². The highest BCUT2D eigenvalue weighted by atomic mass is 32.1. The molecule has 4 heteroatoms. The highest BCUT2D eigenvalue weighted by Crippen LogP contribution is 2.33. The third kappa shape index (κ3) is 3.04. The Morgan fingerprint density at radius 1 is 1.04 bits per heavy atom. The van der Waals surface area contributed by atoms with Crippen LogP contribution in [0.15, 0.2) is 54.7 Å². The Balaban J connectivity index is 1.20. The second-order valence-corrected chi connectivity index (χ2v) is 8.31. The number of benzene rings is 2. The summed E-state index contributed by atoms with van der Waals surface area (Å²) in [5.41, 5.74) is 3.85. The van der Waals surface area contributed by atoms with Crippen LogP contribution in [0, 0.1) is 0 Å². The van der Waals surface area contributed by atoms with Crippen LogP contribution in [0.2, 0.25) is 0 Å². The van der Waals surface area contributed by atoms with Crippen molar-refractivity contribution in [1.29, 1.82) is 0 Å². The molecule has 4 aromatic rings. The van der Waals surface area contributed by atoms with Gasteiger partial charge < -0.3 is 9.88 Å². The van der Waals surface area contributed by atoms with Crippen molar-refractivity contribution in [2.45, 2.75) is 25.2 Å². The van der Waals surface area contributed by atoms with E-state index < -0.39 is 0 Å². The topological polar surface area (TPSA) is 31.9 Å². The molecule has 2 aromatic carbocycles. The number of rotatable bonds is 4. The number of aromatic amines is 1. The van der Waals surface area contributed by atoms with Crippen LogP contribution in [0.5, 0.6) is 0 Å². The summed E-state index contributed by atoms with van der Waals surface area (Å²) >= 11 is 1.88. The van der Waals surface area contributed by atoms with E-state index in [1.54, 1.807) is 0 Å². The van der Waals surface area contributed by atoms with Crippen molar-refractivity contribution < 1.29 is 0 Å². The van der Waals surface area contributed by atoms with Crippen LogP contribution >= 0.6 is 11.3 Å². The monoisotopic (exact) mass is 361 g/mol. The fourth-order valence-corrected chi connectivity index (χ4v) is 5.22. The Morgan fingerprint density at radius 3 is 2.73 bits per heavy atom. The molecule has 0 amide bonds. The molecule has 3 heterocycles. The maximum Gasteiger partial charge on any atom is 0.0970 e. The van der Waals surface area contributed by atoms with Crippen molar-refractivity contribution in [1.82, 2.24) is 14.9 Å². The van der Waals surface area contributed by atoms with Gasteiger partial charge in [-0.25, -0.2) is 4.98 Å². The minimum atomic E-state index is 0.636. The van der Waals surface area contributed by atoms with Gasteiger partial charge in [-0.15, -0.1) is 11.3 Å². The Hall–Kier alpha value is -2.17. The number of nitrogens with zero attached hydrogens (tertiary/aromatic N) is 2. The first-order chi connectivity index (χ1) is 12.9. The zero-order valence-electron chi connectivity index (χ0n) is 14.8. The van der Waals surface area contributed by atoms with Gasteiger partial charge in [0, 0.05) is 29.6 Å². The number of likely N-dealkylation sites (tertiary alicyclic amines) is 1. The summed E-state index contributed by atoms with van der Waals surface area (Å²) in [5, 5.41) is 2.71. The van der Waals surface area contributed by atoms with Crippen molar-refractivity contribution in [2.75, 3.05) is 19.6 Å². The second-order valence-electron chi connectivity index (χ2n) is 7.25. The van der Waals surface area contributed by atoms with E-state index in [2.05, 4.69) is 64.6 Å². The molecule has 132 valence electrons. The Kier molecular flexibility index (Phi) is 4.23. The van der Waals surface area contributed by atoms with Gasteiger partial charge in [-0.05, 0) is 56.1 Å². The molecule has 2 aromatic heterocycles. The predicted octanol–water partition coefficient (Wildman–Crippen LogP) is 5.20. The fourth-order valence-electron chi connectivity index (χ4n) is 4.09. The van der Waals surface area contributed by atoms with Gasteiger partial charge in [0.25, 0.3) is 0 Å². The quantitative estimate of drug-likeness (QED) is 0.542. The number of aromatic nitrogens is 2. The number of hydrogen-bond acceptors (Lipinski definition) is 3. The third-order valence-corrected chi connectivity index (χ3v) is 6.82. The molecule has 0 unspecified atom stereocenters. The van der Waals surface area contributed by atoms with E-state index >= 15 is 0 Å². The van der Waals surface area contributed by atoms with Crippen LogP contribution in [0.4, 0.5) is 0 Å². The Morgan fingerprint density at radius 2 is 1.85 bits per heavy atom. The van der Waals surface area contributed by atoms with Crippen molar-refractivity contribution >= 4 is 32.5 Å². The molecule has 0 atom stereocenters. The third-order valence-electron chi connectivity index (χ3n) is 5.62. The van der Waals surface area contributed by atoms with Crippen LogP contribution in [-0.4, -0.2) is 34.5 Å². The summed E-state index contributed by atoms with van der Waals surface area (Å²) in [5.74, 6) is 0.636. The normalized spacial score (nSPS) is 16.6. The van der Waals surface area contributed by atoms with E-state index in [4.69, 9.17) is 4.98 Å². The molecular formula is C22H23N3S. The number of fused-ring (bicyclic) bond motifs is 2. The maximum absolute atomic E-state index is 4.88. The summed E-state index contributed by atoms with van der Waals surface area (Å²) in [6.07, 6.45) is 5.76. The Bertz CT molecular complexity index is 991. The number of hydrogen-bond donors (Lipinski definition) is 1. The van der Waals surface area contributed by atoms with Gasteiger partial charge in [-0.1, -0.05) is 30.3 Å². The first-order valence-corrected chi connectivity index (χ1v) is 10.3. The number of piperidine rings is 1. The van der Waals surface area contributed by atoms with Crippen LogP contribution in [0.25, 0.3) is 21.1 Å². The van der Waals surface area contributed by atoms with Gasteiger partial charge >= 0.3 is 0 Å². The van der Waals surface area contributed by atoms with E-state index in [0.717, 1.165) is 18.5 Å². The predicted molar refractivity (Wildman–Crippen MR) is 110 cm³/mol. The lowest BCUT2D eigenvalue weighted by Gasteiger charge is -2.30. The largest absolute Gasteiger partial charge is 0.361 e. The molecule has 1 aliphatic rings. The number of thiazole rings is 1. The van der Waals surface area contributed by atoms with Gasteiger partial charge in [-0.2, -0.15) is 0 Å². The molecule has 1 fully saturated rings. The highest BCUT2D eigenvalue weighted by Gasteiger charge is 2.23. The average Bonchev–Trinajstić information content (AvgIpc) is 3.31. The van der Waals surface area contributed by atoms with E-state index in [0.29, 0.717) is 5.92 Å². The molecule has 3 nitrogen and oxygen atoms in total. The zero-order valence-corrected chi connectivity index (χ0v) is 15.6. The van der Waals surface area contributed by atoms with Crippen molar-refractivity contribution in [2.24, 2.45) is 0 Å². The molecule has 1 aliphatic heterocycles. The van der Waals surface area contributed by atoms with E-state index in [1.807, 2.05) is 11.3 Å². The van der Waals surface area contributed by atoms with Crippen LogP contribution in [0.1, 0.15) is 29.3 Å². The smallest absolute Gasteiger partial charge is 0.0970 e. The standard InChI is InChI=1S/C22H23N3S/c1-2-6-19-18(5-1)17(15-23-19)11-14-25-12-9-16(10-13-25)22-24-20-7-3-4-8-21(20)26-22/h1-8,15-16,23H,9-14H2. The van der Waals surface area contributed by atoms with Gasteiger partial charge in [0.2, 0.25) is 0 Å². The summed E-state index contributed by atoms with van der Waals surface area (Å²) in [6, 6.07) is 17.1. The van der Waals surface area contributed by atoms with Crippen molar-refractivity contribution in [3.8, 4) is 0 Å². The number of H-pyrrole nitrogens is 1. The fraction of sp³-hybridized carbons (Fsp3) is 0.318. The minimum Gasteiger partial charge on any atom is -0.361 e. The summed E-state index contributed by atoms with van der Waals surface area (Å²) < 4.78 is 1.32. The lowest BCUT2D eigenvalue weighted by Crippen LogP contribution is -2.34. The second kappa shape index (κ2) is 6.86. The molecule has 0 saturated carbocycles. The average molecular weight is 362 g/mol. The zero-order chi connectivity index (χ0) is 17.3. The molecule has 5 rings (SSSR count). The lowest BCUT2D eigenvalue weighted by atomic mass is 9.97. The van der Waals surface area contributed by atoms with E-state index in [9.17, 15) is 0 Å². The summed E-state index contributed by atoms with van der Waals surface area (Å²) in [4.78, 5) is 10.9. The number of para-hydroxylation sites is 2. The molecule has 1 saturated heterocycles. The van der Waals surface area contributed by atoms with Crippen LogP contribution in [0.3, 0.4) is 0 Å². The molecule has 1 N–H and O–H groups in total. The van der Waals surface area contributed by atoms with E-state index in [1.165, 1.54) is 52.1 Å². The van der Waals surface area contributed by atoms with Gasteiger partial charge in [0.1, 0.15) is 0 Å². The first kappa shape index (κ1) is 16.0. The molecule has 26 heavy (non-hydrogen) atoms. The molecule has 0 aliphatic carbocycles. The van der Waals surface area contributed by atoms with Crippen LogP contribution < -0.4 is 0 Å². The first-order valence-electron chi connectivity index (χ1n) is 9.49. The van der Waals surface area contributed by atoms with Gasteiger partial charge in [0.05, 0.1) is 15.2 Å². The molecule has 0 spiro atoms. The minimum absolute atomic E-state index is 0.636. The highest BCUT2D eigenvalue weighted by molar-refractivity contribution is 7.18. The summed E-state index contributed by atoms with van der Waals surface area (Å²) in [6.45, 7) is 3.51. The van der Waals surface area contributed by atoms with Crippen molar-refractivity contribution in [3.63, 3.8) is 0 Å². The van der Waals surface area contributed by atoms with Gasteiger partial charge in [0.15, 0.2) is 0 Å². The molecule has 0 bridgehead atoms. The summed E-state index contributed by atoms with van der Waals surface area (Å²) in [7, 11) is 0. The maximum atomic E-state index is 4.88. The van der Waals surface area contributed by atoms with Crippen LogP contribution in [-0.2, 0) is 6.42 Å². The van der Waals surface area contributed by atoms with Crippen molar-refractivity contribution in [3.05, 3.63) is 65.3 Å². The molecule has 0 radical (unpaired) electrons.